The van der Waals surface area contributed by atoms with Crippen molar-refractivity contribution in [2.75, 3.05) is 26.2 Å². The van der Waals surface area contributed by atoms with Gasteiger partial charge in [0.25, 0.3) is 0 Å². The number of aryl methyl sites for hydroxylation is 1. The molecule has 0 aromatic heterocycles. The zero-order valence-corrected chi connectivity index (χ0v) is 12.1. The molecule has 2 atom stereocenters. The molecular weight excluding hydrogens is 236 g/mol. The molecule has 3 nitrogen and oxygen atoms in total. The van der Waals surface area contributed by atoms with Gasteiger partial charge in [0, 0.05) is 25.7 Å². The second kappa shape index (κ2) is 7.04. The van der Waals surface area contributed by atoms with Gasteiger partial charge in [-0.05, 0) is 24.5 Å². The van der Waals surface area contributed by atoms with Crippen molar-refractivity contribution < 1.29 is 4.74 Å². The Morgan fingerprint density at radius 1 is 1.37 bits per heavy atom. The summed E-state index contributed by atoms with van der Waals surface area (Å²) in [5, 5.41) is 0. The van der Waals surface area contributed by atoms with Gasteiger partial charge in [0.15, 0.2) is 0 Å². The first-order valence-electron chi connectivity index (χ1n) is 7.37. The third kappa shape index (κ3) is 4.30. The van der Waals surface area contributed by atoms with Crippen molar-refractivity contribution in [3.8, 4) is 0 Å². The molecule has 1 aliphatic heterocycles. The molecule has 0 spiro atoms. The van der Waals surface area contributed by atoms with E-state index in [0.717, 1.165) is 32.7 Å². The Kier molecular flexibility index (Phi) is 5.37. The molecule has 19 heavy (non-hydrogen) atoms. The van der Waals surface area contributed by atoms with Gasteiger partial charge >= 0.3 is 0 Å². The molecule has 1 aliphatic rings. The smallest absolute Gasteiger partial charge is 0.0674 e. The summed E-state index contributed by atoms with van der Waals surface area (Å²) in [5.74, 6) is 0. The minimum absolute atomic E-state index is 0.0981. The van der Waals surface area contributed by atoms with Crippen LogP contribution in [0, 0.1) is 0 Å². The average molecular weight is 262 g/mol. The maximum absolute atomic E-state index is 6.31. The van der Waals surface area contributed by atoms with Crippen LogP contribution in [0.25, 0.3) is 0 Å². The normalized spacial score (nSPS) is 22.4. The molecule has 1 fully saturated rings. The quantitative estimate of drug-likeness (QED) is 0.885. The highest BCUT2D eigenvalue weighted by molar-refractivity contribution is 5.25. The fraction of sp³-hybridized carbons (Fsp3) is 0.625. The molecular formula is C16H26N2O. The first kappa shape index (κ1) is 14.5. The highest BCUT2D eigenvalue weighted by atomic mass is 16.5. The third-order valence-corrected chi connectivity index (χ3v) is 3.73. The molecule has 0 amide bonds. The van der Waals surface area contributed by atoms with E-state index in [0.29, 0.717) is 6.10 Å². The lowest BCUT2D eigenvalue weighted by Crippen LogP contribution is -2.44. The van der Waals surface area contributed by atoms with Crippen molar-refractivity contribution in [2.24, 2.45) is 5.73 Å². The van der Waals surface area contributed by atoms with Gasteiger partial charge in [0.05, 0.1) is 12.7 Å². The molecule has 2 rings (SSSR count). The predicted octanol–water partition coefficient (Wildman–Crippen LogP) is 2.36. The van der Waals surface area contributed by atoms with Crippen LogP contribution in [0.3, 0.4) is 0 Å². The highest BCUT2D eigenvalue weighted by Gasteiger charge is 2.19. The van der Waals surface area contributed by atoms with Crippen LogP contribution in [0.1, 0.15) is 37.4 Å². The Hall–Kier alpha value is -0.900. The molecule has 0 radical (unpaired) electrons. The summed E-state index contributed by atoms with van der Waals surface area (Å²) in [4.78, 5) is 2.40. The zero-order chi connectivity index (χ0) is 13.7. The first-order valence-corrected chi connectivity index (χ1v) is 7.37. The maximum Gasteiger partial charge on any atom is 0.0674 e. The Balaban J connectivity index is 1.89. The van der Waals surface area contributed by atoms with Gasteiger partial charge in [0.2, 0.25) is 0 Å². The third-order valence-electron chi connectivity index (χ3n) is 3.73. The van der Waals surface area contributed by atoms with E-state index >= 15 is 0 Å². The molecule has 2 unspecified atom stereocenters. The van der Waals surface area contributed by atoms with Crippen LogP contribution in [0.15, 0.2) is 24.3 Å². The summed E-state index contributed by atoms with van der Waals surface area (Å²) in [6.45, 7) is 8.05. The maximum atomic E-state index is 6.31. The Labute approximate surface area is 116 Å². The molecule has 1 saturated heterocycles. The van der Waals surface area contributed by atoms with Crippen LogP contribution in [0.4, 0.5) is 0 Å². The summed E-state index contributed by atoms with van der Waals surface area (Å²) in [7, 11) is 0. The van der Waals surface area contributed by atoms with Crippen molar-refractivity contribution in [2.45, 2.75) is 38.8 Å². The Morgan fingerprint density at radius 2 is 2.11 bits per heavy atom. The fourth-order valence-corrected chi connectivity index (χ4v) is 2.66. The number of benzene rings is 1. The minimum atomic E-state index is 0.0981. The van der Waals surface area contributed by atoms with E-state index in [1.54, 1.807) is 0 Å². The van der Waals surface area contributed by atoms with Gasteiger partial charge in [0.1, 0.15) is 0 Å². The number of rotatable bonds is 5. The standard InChI is InChI=1S/C16H26N2O/c1-3-4-14-5-7-15(8-6-14)16(17)12-18-9-10-19-13(2)11-18/h5-8,13,16H,3-4,9-12,17H2,1-2H3. The number of ether oxygens (including phenoxy) is 1. The largest absolute Gasteiger partial charge is 0.376 e. The van der Waals surface area contributed by atoms with E-state index in [2.05, 4.69) is 43.0 Å². The summed E-state index contributed by atoms with van der Waals surface area (Å²) >= 11 is 0. The number of morpholine rings is 1. The average Bonchev–Trinajstić information content (AvgIpc) is 2.40. The second-order valence-corrected chi connectivity index (χ2v) is 5.54. The molecule has 0 bridgehead atoms. The molecule has 3 heteroatoms. The van der Waals surface area contributed by atoms with Crippen LogP contribution in [-0.4, -0.2) is 37.2 Å². The predicted molar refractivity (Wildman–Crippen MR) is 79.2 cm³/mol. The topological polar surface area (TPSA) is 38.5 Å². The summed E-state index contributed by atoms with van der Waals surface area (Å²) < 4.78 is 5.56. The van der Waals surface area contributed by atoms with Crippen molar-refractivity contribution in [1.82, 2.24) is 4.90 Å². The SMILES string of the molecule is CCCc1ccc(C(N)CN2CCOC(C)C2)cc1. The Bertz CT molecular complexity index is 377. The highest BCUT2D eigenvalue weighted by Crippen LogP contribution is 2.15. The minimum Gasteiger partial charge on any atom is -0.376 e. The van der Waals surface area contributed by atoms with E-state index in [-0.39, 0.29) is 6.04 Å². The van der Waals surface area contributed by atoms with Gasteiger partial charge in [-0.1, -0.05) is 37.6 Å². The fourth-order valence-electron chi connectivity index (χ4n) is 2.66. The van der Waals surface area contributed by atoms with E-state index in [1.165, 1.54) is 17.5 Å². The monoisotopic (exact) mass is 262 g/mol. The van der Waals surface area contributed by atoms with E-state index in [9.17, 15) is 0 Å². The van der Waals surface area contributed by atoms with E-state index in [1.807, 2.05) is 0 Å². The van der Waals surface area contributed by atoms with E-state index < -0.39 is 0 Å². The summed E-state index contributed by atoms with van der Waals surface area (Å²) in [5.41, 5.74) is 8.95. The van der Waals surface area contributed by atoms with Crippen LogP contribution in [0.5, 0.6) is 0 Å². The van der Waals surface area contributed by atoms with Gasteiger partial charge in [-0.25, -0.2) is 0 Å². The van der Waals surface area contributed by atoms with Crippen molar-refractivity contribution >= 4 is 0 Å². The molecule has 1 aromatic rings. The summed E-state index contributed by atoms with van der Waals surface area (Å²) in [6, 6.07) is 8.88. The van der Waals surface area contributed by atoms with Gasteiger partial charge < -0.3 is 10.5 Å². The second-order valence-electron chi connectivity index (χ2n) is 5.54. The van der Waals surface area contributed by atoms with Crippen LogP contribution >= 0.6 is 0 Å². The summed E-state index contributed by atoms with van der Waals surface area (Å²) in [6.07, 6.45) is 2.67. The van der Waals surface area contributed by atoms with Gasteiger partial charge in [-0.2, -0.15) is 0 Å². The van der Waals surface area contributed by atoms with Crippen molar-refractivity contribution in [1.29, 1.82) is 0 Å². The molecule has 2 N–H and O–H groups in total. The first-order chi connectivity index (χ1) is 9.19. The van der Waals surface area contributed by atoms with Crippen molar-refractivity contribution in [3.05, 3.63) is 35.4 Å². The lowest BCUT2D eigenvalue weighted by Gasteiger charge is -2.32. The molecule has 1 heterocycles. The number of nitrogens with zero attached hydrogens (tertiary/aromatic N) is 1. The zero-order valence-electron chi connectivity index (χ0n) is 12.1. The van der Waals surface area contributed by atoms with Crippen LogP contribution in [0.2, 0.25) is 0 Å². The molecule has 0 saturated carbocycles. The lowest BCUT2D eigenvalue weighted by atomic mass is 10.0. The Morgan fingerprint density at radius 3 is 2.74 bits per heavy atom. The van der Waals surface area contributed by atoms with Crippen molar-refractivity contribution in [3.63, 3.8) is 0 Å². The van der Waals surface area contributed by atoms with Crippen LogP contribution < -0.4 is 5.73 Å². The lowest BCUT2D eigenvalue weighted by molar-refractivity contribution is -0.0199. The number of hydrogen-bond acceptors (Lipinski definition) is 3. The van der Waals surface area contributed by atoms with Crippen LogP contribution in [-0.2, 0) is 11.2 Å². The van der Waals surface area contributed by atoms with E-state index in [4.69, 9.17) is 10.5 Å². The number of hydrogen-bond donors (Lipinski definition) is 1. The van der Waals surface area contributed by atoms with Gasteiger partial charge in [-0.3, -0.25) is 4.90 Å². The molecule has 106 valence electrons. The van der Waals surface area contributed by atoms with Gasteiger partial charge in [-0.15, -0.1) is 0 Å². The molecule has 0 aliphatic carbocycles. The number of nitrogens with two attached hydrogens (primary N) is 1. The molecule has 1 aromatic carbocycles.